The molecule has 0 aliphatic heterocycles. The van der Waals surface area contributed by atoms with E-state index in [1.807, 2.05) is 12.3 Å². The van der Waals surface area contributed by atoms with Crippen LogP contribution in [0, 0.1) is 20.8 Å². The van der Waals surface area contributed by atoms with Crippen LogP contribution in [0.15, 0.2) is 95.7 Å². The minimum absolute atomic E-state index is 0.134. The van der Waals surface area contributed by atoms with Gasteiger partial charge in [-0.05, 0) is 6.07 Å². The molecule has 0 saturated heterocycles. The molecule has 214 valence electrons. The van der Waals surface area contributed by atoms with Gasteiger partial charge < -0.3 is 0 Å². The van der Waals surface area contributed by atoms with Crippen LogP contribution in [0.5, 0.6) is 0 Å². The first-order chi connectivity index (χ1) is 21.3. The Morgan fingerprint density at radius 1 is 0.659 bits per heavy atom. The van der Waals surface area contributed by atoms with E-state index in [0.717, 1.165) is 61.5 Å². The number of fused-ring (bicyclic) bond motifs is 6. The van der Waals surface area contributed by atoms with Crippen molar-refractivity contribution in [1.29, 1.82) is 0 Å². The van der Waals surface area contributed by atoms with Crippen LogP contribution in [-0.2, 0) is 5.41 Å². The summed E-state index contributed by atoms with van der Waals surface area (Å²) in [5, 5.41) is 4.60. The van der Waals surface area contributed by atoms with Crippen LogP contribution >= 0.6 is 0 Å². The van der Waals surface area contributed by atoms with Gasteiger partial charge in [0.25, 0.3) is 0 Å². The van der Waals surface area contributed by atoms with Crippen molar-refractivity contribution in [1.82, 2.24) is 19.9 Å². The summed E-state index contributed by atoms with van der Waals surface area (Å²) in [7, 11) is 0. The third kappa shape index (κ3) is 4.29. The van der Waals surface area contributed by atoms with Crippen LogP contribution in [0.4, 0.5) is 0 Å². The zero-order valence-corrected chi connectivity index (χ0v) is 27.0. The van der Waals surface area contributed by atoms with E-state index >= 15 is 0 Å². The maximum atomic E-state index is 6.34. The van der Waals surface area contributed by atoms with Crippen LogP contribution in [0.2, 0.25) is 0 Å². The van der Waals surface area contributed by atoms with Gasteiger partial charge in [-0.2, -0.15) is 0 Å². The fourth-order valence-electron chi connectivity index (χ4n) is 6.20. The van der Waals surface area contributed by atoms with E-state index in [9.17, 15) is 0 Å². The Kier molecular flexibility index (Phi) is 6.09. The Hall–Kier alpha value is -4.64. The van der Waals surface area contributed by atoms with Gasteiger partial charge in [0, 0.05) is 17.8 Å². The normalized spacial score (nSPS) is 12.2. The van der Waals surface area contributed by atoms with Crippen molar-refractivity contribution < 1.29 is 4.42 Å². The zero-order chi connectivity index (χ0) is 30.2. The number of benzene rings is 2. The van der Waals surface area contributed by atoms with Gasteiger partial charge >= 0.3 is 222 Å². The Balaban J connectivity index is 1.26. The average molecular weight is 638 g/mol. The third-order valence-corrected chi connectivity index (χ3v) is 11.0. The van der Waals surface area contributed by atoms with Crippen LogP contribution in [0.3, 0.4) is 0 Å². The number of pyridine rings is 4. The molecule has 0 N–H and O–H groups in total. The fraction of sp³-hybridized carbons (Fsp3) is 0.158. The second-order valence-electron chi connectivity index (χ2n) is 12.2. The van der Waals surface area contributed by atoms with E-state index in [1.54, 1.807) is 6.20 Å². The number of nitrogens with zero attached hydrogens (tertiary/aromatic N) is 4. The van der Waals surface area contributed by atoms with Gasteiger partial charge in [0.15, 0.2) is 0 Å². The van der Waals surface area contributed by atoms with Crippen LogP contribution < -0.4 is 0 Å². The van der Waals surface area contributed by atoms with E-state index in [4.69, 9.17) is 19.4 Å². The van der Waals surface area contributed by atoms with Crippen molar-refractivity contribution in [3.63, 3.8) is 0 Å². The third-order valence-electron chi connectivity index (χ3n) is 8.57. The second kappa shape index (κ2) is 9.95. The van der Waals surface area contributed by atoms with Gasteiger partial charge in [0.2, 0.25) is 0 Å². The molecule has 0 radical (unpaired) electrons. The Bertz CT molecular complexity index is 2420. The summed E-state index contributed by atoms with van der Waals surface area (Å²) in [4.78, 5) is 19.8. The molecule has 0 unspecified atom stereocenters. The number of aromatic nitrogens is 4. The fourth-order valence-corrected chi connectivity index (χ4v) is 8.80. The molecule has 5 nitrogen and oxygen atoms in total. The summed E-state index contributed by atoms with van der Waals surface area (Å²) in [5.74, 6) is 0. The van der Waals surface area contributed by atoms with Gasteiger partial charge in [-0.1, -0.05) is 6.07 Å². The number of aryl methyl sites for hydroxylation is 3. The van der Waals surface area contributed by atoms with Crippen LogP contribution in [0.25, 0.3) is 63.9 Å². The molecule has 8 aromatic rings. The van der Waals surface area contributed by atoms with Gasteiger partial charge in [-0.15, -0.1) is 0 Å². The van der Waals surface area contributed by atoms with Gasteiger partial charge in [0.05, 0.1) is 0 Å². The van der Waals surface area contributed by atoms with Crippen molar-refractivity contribution >= 4 is 55.9 Å². The molecule has 0 aliphatic rings. The van der Waals surface area contributed by atoms with Crippen molar-refractivity contribution in [2.45, 2.75) is 40.0 Å². The number of furan rings is 1. The first-order valence-electron chi connectivity index (χ1n) is 14.8. The molecule has 0 aliphatic carbocycles. The average Bonchev–Trinajstić information content (AvgIpc) is 3.58. The number of hydrogen-bond donors (Lipinski definition) is 0. The zero-order valence-electron chi connectivity index (χ0n) is 25.3. The molecular formula is C38H30N4OSe. The molecule has 0 fully saturated rings. The predicted molar refractivity (Wildman–Crippen MR) is 181 cm³/mol. The van der Waals surface area contributed by atoms with Crippen molar-refractivity contribution in [3.8, 4) is 22.5 Å². The molecular weight excluding hydrogens is 607 g/mol. The topological polar surface area (TPSA) is 64.7 Å². The molecule has 0 spiro atoms. The SMILES string of the molecule is Cc1cc(-c2cccc3c2oc2ccncc23)nc(C(C)(C)c2cc(C)cc(-c3cccc4c3[se]c3nc(C)ccc34)n2)c1. The quantitative estimate of drug-likeness (QED) is 0.180. The first-order valence-corrected chi connectivity index (χ1v) is 16.5. The summed E-state index contributed by atoms with van der Waals surface area (Å²) >= 11 is 0.134. The second-order valence-corrected chi connectivity index (χ2v) is 14.3. The summed E-state index contributed by atoms with van der Waals surface area (Å²) in [6, 6.07) is 27.8. The first kappa shape index (κ1) is 26.9. The number of rotatable bonds is 4. The van der Waals surface area contributed by atoms with Crippen molar-refractivity contribution in [2.24, 2.45) is 0 Å². The molecule has 0 amide bonds. The Morgan fingerprint density at radius 3 is 2.09 bits per heavy atom. The molecule has 0 bridgehead atoms. The molecule has 0 atom stereocenters. The minimum atomic E-state index is -0.446. The predicted octanol–water partition coefficient (Wildman–Crippen LogP) is 9.11. The summed E-state index contributed by atoms with van der Waals surface area (Å²) in [6.07, 6.45) is 3.63. The summed E-state index contributed by atoms with van der Waals surface area (Å²) in [5.41, 5.74) is 10.6. The van der Waals surface area contributed by atoms with Crippen molar-refractivity contribution in [3.05, 3.63) is 119 Å². The van der Waals surface area contributed by atoms with E-state index in [-0.39, 0.29) is 14.5 Å². The summed E-state index contributed by atoms with van der Waals surface area (Å²) < 4.78 is 8.91. The monoisotopic (exact) mass is 638 g/mol. The Labute approximate surface area is 261 Å². The molecule has 8 rings (SSSR count). The molecule has 2 aromatic carbocycles. The van der Waals surface area contributed by atoms with Crippen molar-refractivity contribution in [2.75, 3.05) is 0 Å². The molecule has 0 saturated carbocycles. The number of para-hydroxylation sites is 1. The molecule has 6 aromatic heterocycles. The van der Waals surface area contributed by atoms with Crippen LogP contribution in [0.1, 0.15) is 42.1 Å². The maximum absolute atomic E-state index is 6.34. The van der Waals surface area contributed by atoms with Gasteiger partial charge in [-0.3, -0.25) is 4.98 Å². The molecule has 6 heterocycles. The standard InChI is InChI=1S/C38H30N4OSe/c1-21-16-30(27-10-6-8-24-29-20-39-15-14-32(29)43-35(24)27)41-33(18-21)38(4,5)34-19-22(2)17-31(42-34)28-11-7-9-25-26-13-12-23(3)40-37(26)44-36(25)28/h6-20H,1-5H3. The van der Waals surface area contributed by atoms with Gasteiger partial charge in [0.1, 0.15) is 5.58 Å². The Morgan fingerprint density at radius 2 is 1.34 bits per heavy atom. The summed E-state index contributed by atoms with van der Waals surface area (Å²) in [6.45, 7) is 10.8. The molecule has 6 heteroatoms. The van der Waals surface area contributed by atoms with E-state index in [2.05, 4.69) is 112 Å². The molecule has 44 heavy (non-hydrogen) atoms. The van der Waals surface area contributed by atoms with Gasteiger partial charge in [-0.25, -0.2) is 0 Å². The number of hydrogen-bond acceptors (Lipinski definition) is 5. The van der Waals surface area contributed by atoms with E-state index < -0.39 is 5.41 Å². The van der Waals surface area contributed by atoms with Crippen LogP contribution in [-0.4, -0.2) is 34.4 Å². The van der Waals surface area contributed by atoms with E-state index in [0.29, 0.717) is 0 Å². The van der Waals surface area contributed by atoms with E-state index in [1.165, 1.54) is 30.6 Å².